The molecule has 0 bridgehead atoms. The molecule has 0 saturated heterocycles. The molecule has 20 heavy (non-hydrogen) atoms. The molecular weight excluding hydrogens is 250 g/mol. The van der Waals surface area contributed by atoms with Gasteiger partial charge in [0.05, 0.1) is 16.6 Å². The molecule has 4 heteroatoms. The van der Waals surface area contributed by atoms with E-state index in [1.807, 2.05) is 42.5 Å². The first kappa shape index (κ1) is 11.0. The van der Waals surface area contributed by atoms with E-state index in [2.05, 4.69) is 10.1 Å². The number of fused-ring (bicyclic) bond motifs is 3. The molecule has 0 spiro atoms. The number of nitrogens with zero attached hydrogens (tertiary/aromatic N) is 3. The summed E-state index contributed by atoms with van der Waals surface area (Å²) in [5, 5.41) is 15.2. The van der Waals surface area contributed by atoms with Crippen molar-refractivity contribution in [2.24, 2.45) is 0 Å². The van der Waals surface area contributed by atoms with Crippen molar-refractivity contribution in [3.05, 3.63) is 60.8 Å². The number of aromatic nitrogens is 3. The van der Waals surface area contributed by atoms with Gasteiger partial charge in [0, 0.05) is 17.8 Å². The molecule has 0 amide bonds. The molecule has 2 heterocycles. The van der Waals surface area contributed by atoms with E-state index in [0.29, 0.717) is 5.39 Å². The highest BCUT2D eigenvalue weighted by atomic mass is 16.3. The minimum absolute atomic E-state index is 0.216. The highest BCUT2D eigenvalue weighted by molar-refractivity contribution is 5.86. The lowest BCUT2D eigenvalue weighted by Gasteiger charge is -2.01. The summed E-state index contributed by atoms with van der Waals surface area (Å²) in [6.45, 7) is 0. The van der Waals surface area contributed by atoms with Crippen molar-refractivity contribution in [1.82, 2.24) is 14.6 Å². The summed E-state index contributed by atoms with van der Waals surface area (Å²) >= 11 is 0. The van der Waals surface area contributed by atoms with Crippen molar-refractivity contribution in [3.63, 3.8) is 0 Å². The van der Waals surface area contributed by atoms with Crippen LogP contribution in [-0.2, 0) is 0 Å². The van der Waals surface area contributed by atoms with E-state index < -0.39 is 0 Å². The zero-order valence-corrected chi connectivity index (χ0v) is 10.6. The van der Waals surface area contributed by atoms with Crippen LogP contribution >= 0.6 is 0 Å². The molecule has 4 aromatic rings. The van der Waals surface area contributed by atoms with Crippen molar-refractivity contribution in [1.29, 1.82) is 0 Å². The lowest BCUT2D eigenvalue weighted by molar-refractivity contribution is 0.481. The van der Waals surface area contributed by atoms with Crippen LogP contribution in [0.25, 0.3) is 27.8 Å². The van der Waals surface area contributed by atoms with Crippen LogP contribution in [0.2, 0.25) is 0 Å². The lowest BCUT2D eigenvalue weighted by Crippen LogP contribution is -1.92. The maximum atomic E-state index is 9.87. The molecule has 0 saturated carbocycles. The van der Waals surface area contributed by atoms with E-state index in [4.69, 9.17) is 0 Å². The number of aromatic hydroxyl groups is 1. The Morgan fingerprint density at radius 2 is 1.80 bits per heavy atom. The van der Waals surface area contributed by atoms with Gasteiger partial charge in [-0.1, -0.05) is 36.4 Å². The van der Waals surface area contributed by atoms with Crippen molar-refractivity contribution in [3.8, 4) is 17.0 Å². The van der Waals surface area contributed by atoms with Gasteiger partial charge < -0.3 is 5.11 Å². The molecule has 0 atom stereocenters. The van der Waals surface area contributed by atoms with Crippen molar-refractivity contribution >= 4 is 16.6 Å². The second-order valence-corrected chi connectivity index (χ2v) is 4.63. The maximum Gasteiger partial charge on any atom is 0.156 e. The third kappa shape index (κ3) is 1.55. The molecule has 0 aliphatic heterocycles. The van der Waals surface area contributed by atoms with Gasteiger partial charge >= 0.3 is 0 Å². The quantitative estimate of drug-likeness (QED) is 0.572. The highest BCUT2D eigenvalue weighted by Crippen LogP contribution is 2.26. The van der Waals surface area contributed by atoms with Crippen molar-refractivity contribution in [2.45, 2.75) is 0 Å². The maximum absolute atomic E-state index is 9.87. The predicted octanol–water partition coefficient (Wildman–Crippen LogP) is 3.26. The summed E-state index contributed by atoms with van der Waals surface area (Å²) in [6, 6.07) is 17.3. The largest absolute Gasteiger partial charge is 0.507 e. The fourth-order valence-electron chi connectivity index (χ4n) is 2.38. The molecule has 4 nitrogen and oxygen atoms in total. The number of rotatable bonds is 1. The van der Waals surface area contributed by atoms with Gasteiger partial charge in [-0.15, -0.1) is 0 Å². The minimum Gasteiger partial charge on any atom is -0.507 e. The average molecular weight is 261 g/mol. The molecule has 1 N–H and O–H groups in total. The molecule has 0 fully saturated rings. The molecule has 2 aromatic carbocycles. The Balaban J connectivity index is 2.05. The smallest absolute Gasteiger partial charge is 0.156 e. The fourth-order valence-corrected chi connectivity index (χ4v) is 2.38. The Morgan fingerprint density at radius 3 is 2.65 bits per heavy atom. The van der Waals surface area contributed by atoms with Crippen LogP contribution in [0.15, 0.2) is 60.8 Å². The van der Waals surface area contributed by atoms with Gasteiger partial charge in [-0.05, 0) is 12.1 Å². The third-order valence-corrected chi connectivity index (χ3v) is 3.37. The fraction of sp³-hybridized carbons (Fsp3) is 0. The zero-order valence-electron chi connectivity index (χ0n) is 10.6. The minimum atomic E-state index is 0.216. The first-order valence-electron chi connectivity index (χ1n) is 6.35. The summed E-state index contributed by atoms with van der Waals surface area (Å²) in [7, 11) is 0. The highest BCUT2D eigenvalue weighted by Gasteiger charge is 2.09. The predicted molar refractivity (Wildman–Crippen MR) is 77.6 cm³/mol. The van der Waals surface area contributed by atoms with Gasteiger partial charge in [0.1, 0.15) is 5.75 Å². The van der Waals surface area contributed by atoms with Crippen LogP contribution in [0.5, 0.6) is 5.75 Å². The first-order valence-corrected chi connectivity index (χ1v) is 6.35. The number of phenols is 1. The molecule has 0 radical (unpaired) electrons. The van der Waals surface area contributed by atoms with Crippen molar-refractivity contribution in [2.75, 3.05) is 0 Å². The van der Waals surface area contributed by atoms with Gasteiger partial charge in [-0.2, -0.15) is 5.10 Å². The second-order valence-electron chi connectivity index (χ2n) is 4.63. The SMILES string of the molecule is Oc1cccc2c1cnc1cc(-c3ccccc3)nn12. The monoisotopic (exact) mass is 261 g/mol. The van der Waals surface area contributed by atoms with Crippen molar-refractivity contribution < 1.29 is 5.11 Å². The Kier molecular flexibility index (Phi) is 2.23. The number of hydrogen-bond acceptors (Lipinski definition) is 3. The van der Waals surface area contributed by atoms with E-state index in [1.54, 1.807) is 22.8 Å². The number of phenolic OH excluding ortho intramolecular Hbond substituents is 1. The molecular formula is C16H11N3O. The number of benzene rings is 2. The average Bonchev–Trinajstić information content (AvgIpc) is 2.93. The molecule has 0 unspecified atom stereocenters. The normalized spacial score (nSPS) is 11.2. The van der Waals surface area contributed by atoms with Gasteiger partial charge in [0.2, 0.25) is 0 Å². The summed E-state index contributed by atoms with van der Waals surface area (Å²) in [6.07, 6.45) is 1.68. The Morgan fingerprint density at radius 1 is 0.950 bits per heavy atom. The van der Waals surface area contributed by atoms with Crippen LogP contribution in [0, 0.1) is 0 Å². The number of hydrogen-bond donors (Lipinski definition) is 1. The van der Waals surface area contributed by atoms with Crippen LogP contribution in [0.4, 0.5) is 0 Å². The molecule has 2 aromatic heterocycles. The zero-order chi connectivity index (χ0) is 13.5. The molecule has 0 aliphatic carbocycles. The summed E-state index contributed by atoms with van der Waals surface area (Å²) in [5.74, 6) is 0.216. The summed E-state index contributed by atoms with van der Waals surface area (Å²) in [4.78, 5) is 4.36. The standard InChI is InChI=1S/C16H11N3O/c20-15-8-4-7-14-12(15)10-17-16-9-13(18-19(14)16)11-5-2-1-3-6-11/h1-10,20H. The van der Waals surface area contributed by atoms with Gasteiger partial charge in [-0.25, -0.2) is 9.50 Å². The lowest BCUT2D eigenvalue weighted by atomic mass is 10.2. The summed E-state index contributed by atoms with van der Waals surface area (Å²) < 4.78 is 1.76. The van der Waals surface area contributed by atoms with E-state index in [9.17, 15) is 5.11 Å². The molecule has 0 aliphatic rings. The summed E-state index contributed by atoms with van der Waals surface area (Å²) in [5.41, 5.74) is 3.53. The Hall–Kier alpha value is -2.88. The van der Waals surface area contributed by atoms with Crippen LogP contribution in [0.1, 0.15) is 0 Å². The van der Waals surface area contributed by atoms with Crippen LogP contribution in [-0.4, -0.2) is 19.7 Å². The van der Waals surface area contributed by atoms with Gasteiger partial charge in [-0.3, -0.25) is 0 Å². The van der Waals surface area contributed by atoms with Crippen LogP contribution in [0.3, 0.4) is 0 Å². The van der Waals surface area contributed by atoms with E-state index >= 15 is 0 Å². The van der Waals surface area contributed by atoms with Gasteiger partial charge in [0.25, 0.3) is 0 Å². The Bertz CT molecular complexity index is 913. The Labute approximate surface area is 114 Å². The van der Waals surface area contributed by atoms with Crippen LogP contribution < -0.4 is 0 Å². The second kappa shape index (κ2) is 4.06. The third-order valence-electron chi connectivity index (χ3n) is 3.37. The molecule has 96 valence electrons. The molecule has 4 rings (SSSR count). The van der Waals surface area contributed by atoms with E-state index in [0.717, 1.165) is 22.4 Å². The van der Waals surface area contributed by atoms with E-state index in [1.165, 1.54) is 0 Å². The van der Waals surface area contributed by atoms with Gasteiger partial charge in [0.15, 0.2) is 5.65 Å². The topological polar surface area (TPSA) is 50.4 Å². The van der Waals surface area contributed by atoms with E-state index in [-0.39, 0.29) is 5.75 Å². The first-order chi connectivity index (χ1) is 9.83.